The summed E-state index contributed by atoms with van der Waals surface area (Å²) in [6.45, 7) is 5.03. The van der Waals surface area contributed by atoms with Crippen LogP contribution >= 0.6 is 0 Å². The fraction of sp³-hybridized carbons (Fsp3) is 0.625. The summed E-state index contributed by atoms with van der Waals surface area (Å²) in [5, 5.41) is 3.04. The van der Waals surface area contributed by atoms with Crippen molar-refractivity contribution in [1.29, 1.82) is 0 Å². The number of amides is 1. The van der Waals surface area contributed by atoms with Gasteiger partial charge in [0.05, 0.1) is 0 Å². The van der Waals surface area contributed by atoms with Crippen molar-refractivity contribution in [1.82, 2.24) is 15.2 Å². The molecular weight excluding hydrogens is 264 g/mol. The number of anilines is 1. The molecule has 1 aliphatic heterocycles. The van der Waals surface area contributed by atoms with E-state index in [4.69, 9.17) is 5.73 Å². The Hall–Kier alpha value is -1.62. The van der Waals surface area contributed by atoms with Gasteiger partial charge < -0.3 is 16.0 Å². The number of nitrogen functional groups attached to an aromatic ring is 1. The quantitative estimate of drug-likeness (QED) is 0.865. The standard InChI is InChI=1S/C16H26N4O/c1-3-5-14-8-13(9-15(17)19-14)16(21)18-10-12-6-4-7-20(2)11-12/h8-9,12H,3-7,10-11H2,1-2H3,(H2,17,19)(H,18,21). The minimum absolute atomic E-state index is 0.0466. The predicted molar refractivity (Wildman–Crippen MR) is 85.2 cm³/mol. The topological polar surface area (TPSA) is 71.2 Å². The number of nitrogens with two attached hydrogens (primary N) is 1. The largest absolute Gasteiger partial charge is 0.384 e. The number of carbonyl (C=O) groups excluding carboxylic acids is 1. The molecule has 1 atom stereocenters. The van der Waals surface area contributed by atoms with Gasteiger partial charge in [-0.2, -0.15) is 0 Å². The van der Waals surface area contributed by atoms with Gasteiger partial charge in [-0.05, 0) is 50.9 Å². The van der Waals surface area contributed by atoms with E-state index in [2.05, 4.69) is 29.2 Å². The molecule has 21 heavy (non-hydrogen) atoms. The van der Waals surface area contributed by atoms with Gasteiger partial charge in [0, 0.05) is 24.3 Å². The maximum atomic E-state index is 12.3. The van der Waals surface area contributed by atoms with E-state index in [9.17, 15) is 4.79 Å². The number of nitrogens with one attached hydrogen (secondary N) is 1. The minimum Gasteiger partial charge on any atom is -0.384 e. The molecule has 1 aliphatic rings. The van der Waals surface area contributed by atoms with Crippen LogP contribution in [0.2, 0.25) is 0 Å². The molecule has 0 saturated carbocycles. The lowest BCUT2D eigenvalue weighted by atomic mass is 9.98. The number of hydrogen-bond acceptors (Lipinski definition) is 4. The molecule has 1 fully saturated rings. The number of aryl methyl sites for hydroxylation is 1. The lowest BCUT2D eigenvalue weighted by Gasteiger charge is -2.29. The number of piperidine rings is 1. The summed E-state index contributed by atoms with van der Waals surface area (Å²) >= 11 is 0. The first kappa shape index (κ1) is 15.8. The summed E-state index contributed by atoms with van der Waals surface area (Å²) in [5.74, 6) is 0.917. The number of carbonyl (C=O) groups is 1. The Labute approximate surface area is 126 Å². The second-order valence-electron chi connectivity index (χ2n) is 6.00. The highest BCUT2D eigenvalue weighted by atomic mass is 16.1. The van der Waals surface area contributed by atoms with Crippen molar-refractivity contribution in [2.45, 2.75) is 32.6 Å². The van der Waals surface area contributed by atoms with Gasteiger partial charge >= 0.3 is 0 Å². The smallest absolute Gasteiger partial charge is 0.251 e. The average Bonchev–Trinajstić information content (AvgIpc) is 2.44. The van der Waals surface area contributed by atoms with Crippen LogP contribution in [-0.4, -0.2) is 42.5 Å². The normalized spacial score (nSPS) is 19.4. The van der Waals surface area contributed by atoms with E-state index in [1.54, 1.807) is 6.07 Å². The van der Waals surface area contributed by atoms with Crippen LogP contribution in [0.25, 0.3) is 0 Å². The van der Waals surface area contributed by atoms with Gasteiger partial charge in [0.15, 0.2) is 0 Å². The van der Waals surface area contributed by atoms with Gasteiger partial charge in [-0.3, -0.25) is 4.79 Å². The van der Waals surface area contributed by atoms with Crippen molar-refractivity contribution in [3.8, 4) is 0 Å². The lowest BCUT2D eigenvalue weighted by molar-refractivity contribution is 0.0936. The van der Waals surface area contributed by atoms with E-state index in [0.29, 0.717) is 17.3 Å². The number of pyridine rings is 1. The van der Waals surface area contributed by atoms with Crippen molar-refractivity contribution >= 4 is 11.7 Å². The van der Waals surface area contributed by atoms with Crippen LogP contribution in [0.4, 0.5) is 5.82 Å². The van der Waals surface area contributed by atoms with Crippen molar-refractivity contribution < 1.29 is 4.79 Å². The number of aromatic nitrogens is 1. The molecule has 0 aliphatic carbocycles. The molecule has 1 saturated heterocycles. The van der Waals surface area contributed by atoms with Gasteiger partial charge in [-0.15, -0.1) is 0 Å². The molecule has 116 valence electrons. The van der Waals surface area contributed by atoms with Crippen LogP contribution in [0, 0.1) is 5.92 Å². The molecule has 1 aromatic heterocycles. The summed E-state index contributed by atoms with van der Waals surface area (Å²) in [6.07, 6.45) is 4.23. The zero-order chi connectivity index (χ0) is 15.2. The number of likely N-dealkylation sites (tertiary alicyclic amines) is 1. The fourth-order valence-electron chi connectivity index (χ4n) is 2.91. The van der Waals surface area contributed by atoms with Gasteiger partial charge in [0.1, 0.15) is 5.82 Å². The Bertz CT molecular complexity index is 489. The zero-order valence-corrected chi connectivity index (χ0v) is 13.1. The highest BCUT2D eigenvalue weighted by Gasteiger charge is 2.18. The van der Waals surface area contributed by atoms with Crippen molar-refractivity contribution in [2.75, 3.05) is 32.4 Å². The molecule has 5 heteroatoms. The van der Waals surface area contributed by atoms with E-state index >= 15 is 0 Å². The van der Waals surface area contributed by atoms with Gasteiger partial charge in [-0.1, -0.05) is 13.3 Å². The summed E-state index contributed by atoms with van der Waals surface area (Å²) in [7, 11) is 2.13. The molecule has 0 aromatic carbocycles. The second kappa shape index (κ2) is 7.41. The molecule has 1 aromatic rings. The monoisotopic (exact) mass is 290 g/mol. The highest BCUT2D eigenvalue weighted by Crippen LogP contribution is 2.14. The third-order valence-corrected chi connectivity index (χ3v) is 3.94. The molecule has 1 amide bonds. The second-order valence-corrected chi connectivity index (χ2v) is 6.00. The Morgan fingerprint density at radius 2 is 2.33 bits per heavy atom. The summed E-state index contributed by atoms with van der Waals surface area (Å²) in [5.41, 5.74) is 7.30. The van der Waals surface area contributed by atoms with E-state index in [1.807, 2.05) is 6.07 Å². The van der Waals surface area contributed by atoms with Crippen LogP contribution < -0.4 is 11.1 Å². The van der Waals surface area contributed by atoms with Gasteiger partial charge in [0.25, 0.3) is 5.91 Å². The molecule has 5 nitrogen and oxygen atoms in total. The lowest BCUT2D eigenvalue weighted by Crippen LogP contribution is -2.39. The SMILES string of the molecule is CCCc1cc(C(=O)NCC2CCCN(C)C2)cc(N)n1. The Kier molecular flexibility index (Phi) is 5.56. The van der Waals surface area contributed by atoms with E-state index in [0.717, 1.165) is 38.2 Å². The maximum Gasteiger partial charge on any atom is 0.251 e. The molecule has 0 spiro atoms. The van der Waals surface area contributed by atoms with Crippen LogP contribution in [0.15, 0.2) is 12.1 Å². The fourth-order valence-corrected chi connectivity index (χ4v) is 2.91. The van der Waals surface area contributed by atoms with Crippen molar-refractivity contribution in [2.24, 2.45) is 5.92 Å². The first-order valence-electron chi connectivity index (χ1n) is 7.81. The Morgan fingerprint density at radius 1 is 1.52 bits per heavy atom. The zero-order valence-electron chi connectivity index (χ0n) is 13.1. The number of rotatable bonds is 5. The highest BCUT2D eigenvalue weighted by molar-refractivity contribution is 5.94. The third kappa shape index (κ3) is 4.70. The van der Waals surface area contributed by atoms with E-state index in [-0.39, 0.29) is 5.91 Å². The van der Waals surface area contributed by atoms with Crippen LogP contribution in [-0.2, 0) is 6.42 Å². The van der Waals surface area contributed by atoms with Crippen molar-refractivity contribution in [3.63, 3.8) is 0 Å². The molecule has 0 radical (unpaired) electrons. The van der Waals surface area contributed by atoms with Gasteiger partial charge in [-0.25, -0.2) is 4.98 Å². The van der Waals surface area contributed by atoms with E-state index in [1.165, 1.54) is 12.8 Å². The number of hydrogen-bond donors (Lipinski definition) is 2. The predicted octanol–water partition coefficient (Wildman–Crippen LogP) is 1.69. The van der Waals surface area contributed by atoms with Crippen molar-refractivity contribution in [3.05, 3.63) is 23.4 Å². The summed E-state index contributed by atoms with van der Waals surface area (Å²) < 4.78 is 0. The Morgan fingerprint density at radius 3 is 3.05 bits per heavy atom. The van der Waals surface area contributed by atoms with Crippen LogP contribution in [0.3, 0.4) is 0 Å². The van der Waals surface area contributed by atoms with E-state index < -0.39 is 0 Å². The molecule has 2 heterocycles. The summed E-state index contributed by atoms with van der Waals surface area (Å²) in [6, 6.07) is 3.50. The molecule has 1 unspecified atom stereocenters. The first-order valence-corrected chi connectivity index (χ1v) is 7.81. The molecule has 0 bridgehead atoms. The summed E-state index contributed by atoms with van der Waals surface area (Å²) in [4.78, 5) is 18.9. The number of nitrogens with zero attached hydrogens (tertiary/aromatic N) is 2. The minimum atomic E-state index is -0.0466. The van der Waals surface area contributed by atoms with Gasteiger partial charge in [0.2, 0.25) is 0 Å². The molecular formula is C16H26N4O. The third-order valence-electron chi connectivity index (χ3n) is 3.94. The van der Waals surface area contributed by atoms with Crippen LogP contribution in [0.1, 0.15) is 42.2 Å². The first-order chi connectivity index (χ1) is 10.1. The Balaban J connectivity index is 1.93. The molecule has 3 N–H and O–H groups in total. The molecule has 2 rings (SSSR count). The van der Waals surface area contributed by atoms with Crippen LogP contribution in [0.5, 0.6) is 0 Å². The average molecular weight is 290 g/mol. The maximum absolute atomic E-state index is 12.3.